The first-order valence-electron chi connectivity index (χ1n) is 6.25. The summed E-state index contributed by atoms with van der Waals surface area (Å²) in [5, 5.41) is 0.579. The standard InChI is InChI=1S/C15H15ClN2/c1-11-9-10-18(12-5-3-2-4-6-12)13-7-8-14(16)17-15(11)13/h2-8,11H,9-10H2,1H3. The van der Waals surface area contributed by atoms with E-state index in [2.05, 4.69) is 47.1 Å². The number of hydrogen-bond donors (Lipinski definition) is 0. The Morgan fingerprint density at radius 2 is 1.94 bits per heavy atom. The second-order valence-electron chi connectivity index (χ2n) is 4.72. The molecular weight excluding hydrogens is 244 g/mol. The van der Waals surface area contributed by atoms with Crippen molar-refractivity contribution in [1.82, 2.24) is 4.98 Å². The SMILES string of the molecule is CC1CCN(c2ccccc2)c2ccc(Cl)nc21. The van der Waals surface area contributed by atoms with Crippen LogP contribution < -0.4 is 4.90 Å². The summed E-state index contributed by atoms with van der Waals surface area (Å²) in [5.41, 5.74) is 3.51. The molecule has 3 rings (SSSR count). The number of para-hydroxylation sites is 1. The molecule has 2 heterocycles. The molecule has 0 aliphatic carbocycles. The van der Waals surface area contributed by atoms with Gasteiger partial charge in [0.1, 0.15) is 5.15 Å². The van der Waals surface area contributed by atoms with E-state index in [1.165, 1.54) is 11.4 Å². The zero-order valence-corrected chi connectivity index (χ0v) is 11.1. The lowest BCUT2D eigenvalue weighted by Crippen LogP contribution is -2.26. The Balaban J connectivity index is 2.08. The van der Waals surface area contributed by atoms with E-state index in [0.29, 0.717) is 11.1 Å². The average Bonchev–Trinajstić information content (AvgIpc) is 2.41. The molecule has 0 saturated carbocycles. The maximum absolute atomic E-state index is 6.01. The van der Waals surface area contributed by atoms with E-state index < -0.39 is 0 Å². The van der Waals surface area contributed by atoms with Gasteiger partial charge in [0, 0.05) is 18.2 Å². The first kappa shape index (κ1) is 11.5. The zero-order valence-electron chi connectivity index (χ0n) is 10.3. The normalized spacial score (nSPS) is 18.6. The van der Waals surface area contributed by atoms with Crippen LogP contribution in [0.25, 0.3) is 0 Å². The van der Waals surface area contributed by atoms with E-state index >= 15 is 0 Å². The summed E-state index contributed by atoms with van der Waals surface area (Å²) in [6, 6.07) is 14.4. The number of hydrogen-bond acceptors (Lipinski definition) is 2. The van der Waals surface area contributed by atoms with Crippen molar-refractivity contribution in [3.05, 3.63) is 53.3 Å². The minimum absolute atomic E-state index is 0.471. The molecule has 2 aromatic rings. The zero-order chi connectivity index (χ0) is 12.5. The van der Waals surface area contributed by atoms with Crippen molar-refractivity contribution in [2.24, 2.45) is 0 Å². The van der Waals surface area contributed by atoms with Crippen molar-refractivity contribution in [3.63, 3.8) is 0 Å². The Morgan fingerprint density at radius 1 is 1.17 bits per heavy atom. The summed E-state index contributed by atoms with van der Waals surface area (Å²) in [5.74, 6) is 0.471. The Bertz CT molecular complexity index is 554. The third-order valence-corrected chi connectivity index (χ3v) is 3.69. The highest BCUT2D eigenvalue weighted by molar-refractivity contribution is 6.29. The number of rotatable bonds is 1. The topological polar surface area (TPSA) is 16.1 Å². The van der Waals surface area contributed by atoms with Gasteiger partial charge in [-0.3, -0.25) is 0 Å². The van der Waals surface area contributed by atoms with E-state index in [1.807, 2.05) is 12.1 Å². The van der Waals surface area contributed by atoms with E-state index in [9.17, 15) is 0 Å². The van der Waals surface area contributed by atoms with Gasteiger partial charge in [0.15, 0.2) is 0 Å². The van der Waals surface area contributed by atoms with Gasteiger partial charge in [-0.2, -0.15) is 0 Å². The van der Waals surface area contributed by atoms with Crippen LogP contribution in [-0.4, -0.2) is 11.5 Å². The summed E-state index contributed by atoms with van der Waals surface area (Å²) in [6.45, 7) is 3.24. The van der Waals surface area contributed by atoms with Gasteiger partial charge < -0.3 is 4.90 Å². The Kier molecular flexibility index (Phi) is 2.96. The molecule has 18 heavy (non-hydrogen) atoms. The monoisotopic (exact) mass is 258 g/mol. The summed E-state index contributed by atoms with van der Waals surface area (Å²) in [7, 11) is 0. The molecule has 1 atom stereocenters. The third kappa shape index (κ3) is 1.97. The van der Waals surface area contributed by atoms with Crippen molar-refractivity contribution in [1.29, 1.82) is 0 Å². The molecular formula is C15H15ClN2. The highest BCUT2D eigenvalue weighted by Crippen LogP contribution is 2.38. The lowest BCUT2D eigenvalue weighted by Gasteiger charge is -2.33. The molecule has 0 radical (unpaired) electrons. The predicted molar refractivity (Wildman–Crippen MR) is 75.7 cm³/mol. The third-order valence-electron chi connectivity index (χ3n) is 3.48. The maximum Gasteiger partial charge on any atom is 0.129 e. The lowest BCUT2D eigenvalue weighted by molar-refractivity contribution is 0.630. The highest BCUT2D eigenvalue weighted by Gasteiger charge is 2.24. The molecule has 0 N–H and O–H groups in total. The van der Waals surface area contributed by atoms with Gasteiger partial charge in [-0.25, -0.2) is 4.98 Å². The first-order chi connectivity index (χ1) is 8.75. The molecule has 0 saturated heterocycles. The molecule has 1 aromatic carbocycles. The predicted octanol–water partition coefficient (Wildman–Crippen LogP) is 4.38. The molecule has 92 valence electrons. The molecule has 1 aliphatic rings. The minimum atomic E-state index is 0.471. The quantitative estimate of drug-likeness (QED) is 0.706. The molecule has 1 aromatic heterocycles. The van der Waals surface area contributed by atoms with Crippen molar-refractivity contribution in [2.75, 3.05) is 11.4 Å². The summed E-state index contributed by atoms with van der Waals surface area (Å²) in [6.07, 6.45) is 1.11. The van der Waals surface area contributed by atoms with Crippen molar-refractivity contribution in [2.45, 2.75) is 19.3 Å². The van der Waals surface area contributed by atoms with Crippen LogP contribution in [0.5, 0.6) is 0 Å². The summed E-state index contributed by atoms with van der Waals surface area (Å²) >= 11 is 6.01. The fraction of sp³-hybridized carbons (Fsp3) is 0.267. The second-order valence-corrected chi connectivity index (χ2v) is 5.10. The number of halogens is 1. The van der Waals surface area contributed by atoms with Crippen LogP contribution in [0.2, 0.25) is 5.15 Å². The first-order valence-corrected chi connectivity index (χ1v) is 6.62. The summed E-state index contributed by atoms with van der Waals surface area (Å²) in [4.78, 5) is 6.81. The van der Waals surface area contributed by atoms with E-state index in [1.54, 1.807) is 0 Å². The van der Waals surface area contributed by atoms with Gasteiger partial charge in [0.25, 0.3) is 0 Å². The smallest absolute Gasteiger partial charge is 0.129 e. The van der Waals surface area contributed by atoms with Gasteiger partial charge in [-0.15, -0.1) is 0 Å². The Labute approximate surface area is 112 Å². The van der Waals surface area contributed by atoms with Crippen LogP contribution in [0, 0.1) is 0 Å². The van der Waals surface area contributed by atoms with Crippen LogP contribution in [0.3, 0.4) is 0 Å². The maximum atomic E-state index is 6.01. The minimum Gasteiger partial charge on any atom is -0.340 e. The number of pyridine rings is 1. The van der Waals surface area contributed by atoms with Crippen LogP contribution >= 0.6 is 11.6 Å². The van der Waals surface area contributed by atoms with E-state index in [0.717, 1.165) is 18.7 Å². The van der Waals surface area contributed by atoms with E-state index in [-0.39, 0.29) is 0 Å². The fourth-order valence-electron chi connectivity index (χ4n) is 2.49. The van der Waals surface area contributed by atoms with Gasteiger partial charge in [-0.1, -0.05) is 36.7 Å². The van der Waals surface area contributed by atoms with Gasteiger partial charge >= 0.3 is 0 Å². The molecule has 0 bridgehead atoms. The second kappa shape index (κ2) is 4.62. The van der Waals surface area contributed by atoms with Gasteiger partial charge in [0.2, 0.25) is 0 Å². The van der Waals surface area contributed by atoms with Crippen molar-refractivity contribution < 1.29 is 0 Å². The Hall–Kier alpha value is -1.54. The van der Waals surface area contributed by atoms with Crippen LogP contribution in [-0.2, 0) is 0 Å². The Morgan fingerprint density at radius 3 is 2.72 bits per heavy atom. The molecule has 0 amide bonds. The summed E-state index contributed by atoms with van der Waals surface area (Å²) < 4.78 is 0. The molecule has 2 nitrogen and oxygen atoms in total. The number of aromatic nitrogens is 1. The van der Waals surface area contributed by atoms with Crippen molar-refractivity contribution in [3.8, 4) is 0 Å². The van der Waals surface area contributed by atoms with E-state index in [4.69, 9.17) is 11.6 Å². The number of nitrogens with zero attached hydrogens (tertiary/aromatic N) is 2. The molecule has 3 heteroatoms. The highest BCUT2D eigenvalue weighted by atomic mass is 35.5. The largest absolute Gasteiger partial charge is 0.340 e. The van der Waals surface area contributed by atoms with Gasteiger partial charge in [0.05, 0.1) is 11.4 Å². The van der Waals surface area contributed by atoms with Gasteiger partial charge in [-0.05, 0) is 30.7 Å². The van der Waals surface area contributed by atoms with Crippen LogP contribution in [0.4, 0.5) is 11.4 Å². The number of anilines is 2. The number of benzene rings is 1. The average molecular weight is 259 g/mol. The molecule has 1 aliphatic heterocycles. The molecule has 0 spiro atoms. The fourth-order valence-corrected chi connectivity index (χ4v) is 2.64. The number of fused-ring (bicyclic) bond motifs is 1. The van der Waals surface area contributed by atoms with Crippen LogP contribution in [0.15, 0.2) is 42.5 Å². The van der Waals surface area contributed by atoms with Crippen molar-refractivity contribution >= 4 is 23.0 Å². The van der Waals surface area contributed by atoms with Crippen LogP contribution in [0.1, 0.15) is 25.0 Å². The lowest BCUT2D eigenvalue weighted by atomic mass is 9.96. The molecule has 1 unspecified atom stereocenters. The molecule has 0 fully saturated rings.